The Labute approximate surface area is 118 Å². The summed E-state index contributed by atoms with van der Waals surface area (Å²) in [4.78, 5) is 12.0. The number of rotatable bonds is 4. The van der Waals surface area contributed by atoms with Gasteiger partial charge < -0.3 is 5.32 Å². The Balaban J connectivity index is 2.03. The maximum absolute atomic E-state index is 12.0. The van der Waals surface area contributed by atoms with E-state index in [0.717, 1.165) is 12.0 Å². The number of carbonyl (C=O) groups excluding carboxylic acids is 1. The quantitative estimate of drug-likeness (QED) is 0.922. The van der Waals surface area contributed by atoms with E-state index in [9.17, 15) is 4.79 Å². The van der Waals surface area contributed by atoms with E-state index in [-0.39, 0.29) is 5.91 Å². The fourth-order valence-corrected chi connectivity index (χ4v) is 2.05. The van der Waals surface area contributed by atoms with Crippen LogP contribution in [0.2, 0.25) is 0 Å². The van der Waals surface area contributed by atoms with Crippen molar-refractivity contribution >= 4 is 5.91 Å². The van der Waals surface area contributed by atoms with Gasteiger partial charge in [0.2, 0.25) is 0 Å². The van der Waals surface area contributed by atoms with Gasteiger partial charge in [0.15, 0.2) is 0 Å². The first-order valence-corrected chi connectivity index (χ1v) is 6.59. The van der Waals surface area contributed by atoms with Gasteiger partial charge in [0.25, 0.3) is 5.91 Å². The average molecular weight is 264 g/mol. The standard InChI is InChI=1S/C17H16N2O/c1-2-14-5-3-4-6-16(14)12-19-17(20)15-9-7-13(11-18)8-10-15/h3-10H,2,12H2,1H3,(H,19,20). The summed E-state index contributed by atoms with van der Waals surface area (Å²) in [5.41, 5.74) is 3.50. The normalized spacial score (nSPS) is 9.80. The van der Waals surface area contributed by atoms with E-state index < -0.39 is 0 Å². The fourth-order valence-electron chi connectivity index (χ4n) is 2.05. The summed E-state index contributed by atoms with van der Waals surface area (Å²) in [5, 5.41) is 11.6. The lowest BCUT2D eigenvalue weighted by atomic mass is 10.1. The molecule has 0 saturated carbocycles. The minimum absolute atomic E-state index is 0.125. The Morgan fingerprint density at radius 1 is 1.10 bits per heavy atom. The summed E-state index contributed by atoms with van der Waals surface area (Å²) in [6.45, 7) is 2.62. The Hall–Kier alpha value is -2.60. The van der Waals surface area contributed by atoms with Crippen molar-refractivity contribution in [2.45, 2.75) is 19.9 Å². The number of hydrogen-bond donors (Lipinski definition) is 1. The molecule has 0 aliphatic rings. The summed E-state index contributed by atoms with van der Waals surface area (Å²) in [6.07, 6.45) is 0.947. The maximum atomic E-state index is 12.0. The highest BCUT2D eigenvalue weighted by atomic mass is 16.1. The molecule has 0 unspecified atom stereocenters. The van der Waals surface area contributed by atoms with Crippen LogP contribution in [0.4, 0.5) is 0 Å². The molecule has 20 heavy (non-hydrogen) atoms. The molecular weight excluding hydrogens is 248 g/mol. The maximum Gasteiger partial charge on any atom is 0.251 e. The molecule has 0 saturated heterocycles. The van der Waals surface area contributed by atoms with E-state index in [1.807, 2.05) is 24.3 Å². The molecule has 0 aliphatic carbocycles. The van der Waals surface area contributed by atoms with Crippen molar-refractivity contribution in [3.8, 4) is 6.07 Å². The second kappa shape index (κ2) is 6.53. The third-order valence-electron chi connectivity index (χ3n) is 3.21. The molecule has 3 heteroatoms. The summed E-state index contributed by atoms with van der Waals surface area (Å²) >= 11 is 0. The SMILES string of the molecule is CCc1ccccc1CNC(=O)c1ccc(C#N)cc1. The second-order valence-corrected chi connectivity index (χ2v) is 4.49. The van der Waals surface area contributed by atoms with Crippen LogP contribution in [0.3, 0.4) is 0 Å². The van der Waals surface area contributed by atoms with Gasteiger partial charge in [-0.05, 0) is 41.8 Å². The Bertz CT molecular complexity index is 639. The second-order valence-electron chi connectivity index (χ2n) is 4.49. The summed E-state index contributed by atoms with van der Waals surface area (Å²) in [5.74, 6) is -0.125. The molecule has 1 amide bonds. The number of nitrogens with zero attached hydrogens (tertiary/aromatic N) is 1. The number of aryl methyl sites for hydroxylation is 1. The molecule has 0 aliphatic heterocycles. The molecule has 0 radical (unpaired) electrons. The van der Waals surface area contributed by atoms with E-state index in [2.05, 4.69) is 18.3 Å². The lowest BCUT2D eigenvalue weighted by Gasteiger charge is -2.09. The molecule has 0 aromatic heterocycles. The zero-order valence-electron chi connectivity index (χ0n) is 11.4. The van der Waals surface area contributed by atoms with Crippen LogP contribution in [0.25, 0.3) is 0 Å². The van der Waals surface area contributed by atoms with Gasteiger partial charge in [-0.15, -0.1) is 0 Å². The lowest BCUT2D eigenvalue weighted by molar-refractivity contribution is 0.0951. The molecule has 0 atom stereocenters. The highest BCUT2D eigenvalue weighted by Gasteiger charge is 2.06. The number of carbonyl (C=O) groups is 1. The zero-order valence-corrected chi connectivity index (χ0v) is 11.4. The first-order valence-electron chi connectivity index (χ1n) is 6.59. The van der Waals surface area contributed by atoms with Gasteiger partial charge in [-0.2, -0.15) is 5.26 Å². The molecule has 2 rings (SSSR count). The lowest BCUT2D eigenvalue weighted by Crippen LogP contribution is -2.23. The van der Waals surface area contributed by atoms with Crippen LogP contribution in [0, 0.1) is 11.3 Å². The molecule has 2 aromatic rings. The van der Waals surface area contributed by atoms with Gasteiger partial charge in [0.1, 0.15) is 0 Å². The molecule has 0 spiro atoms. The van der Waals surface area contributed by atoms with Crippen molar-refractivity contribution in [1.29, 1.82) is 5.26 Å². The monoisotopic (exact) mass is 264 g/mol. The fraction of sp³-hybridized carbons (Fsp3) is 0.176. The van der Waals surface area contributed by atoms with Gasteiger partial charge >= 0.3 is 0 Å². The summed E-state index contributed by atoms with van der Waals surface area (Å²) in [6, 6.07) is 16.7. The van der Waals surface area contributed by atoms with Crippen LogP contribution in [-0.4, -0.2) is 5.91 Å². The molecule has 0 heterocycles. The summed E-state index contributed by atoms with van der Waals surface area (Å²) < 4.78 is 0. The van der Waals surface area contributed by atoms with E-state index in [0.29, 0.717) is 17.7 Å². The van der Waals surface area contributed by atoms with Crippen molar-refractivity contribution < 1.29 is 4.79 Å². The van der Waals surface area contributed by atoms with Crippen LogP contribution >= 0.6 is 0 Å². The number of amides is 1. The predicted octanol–water partition coefficient (Wildman–Crippen LogP) is 3.05. The molecule has 0 bridgehead atoms. The van der Waals surface area contributed by atoms with Crippen LogP contribution in [0.15, 0.2) is 48.5 Å². The van der Waals surface area contributed by atoms with E-state index in [1.165, 1.54) is 5.56 Å². The van der Waals surface area contributed by atoms with Crippen LogP contribution in [0.5, 0.6) is 0 Å². The van der Waals surface area contributed by atoms with Crippen molar-refractivity contribution in [1.82, 2.24) is 5.32 Å². The van der Waals surface area contributed by atoms with Crippen molar-refractivity contribution in [3.63, 3.8) is 0 Å². The van der Waals surface area contributed by atoms with Crippen LogP contribution < -0.4 is 5.32 Å². The zero-order chi connectivity index (χ0) is 14.4. The number of hydrogen-bond acceptors (Lipinski definition) is 2. The van der Waals surface area contributed by atoms with Crippen molar-refractivity contribution in [2.24, 2.45) is 0 Å². The molecule has 2 aromatic carbocycles. The first kappa shape index (κ1) is 13.8. The third kappa shape index (κ3) is 3.24. The van der Waals surface area contributed by atoms with Crippen LogP contribution in [-0.2, 0) is 13.0 Å². The molecule has 1 N–H and O–H groups in total. The molecular formula is C17H16N2O. The van der Waals surface area contributed by atoms with E-state index >= 15 is 0 Å². The van der Waals surface area contributed by atoms with E-state index in [1.54, 1.807) is 24.3 Å². The van der Waals surface area contributed by atoms with Crippen molar-refractivity contribution in [2.75, 3.05) is 0 Å². The third-order valence-corrected chi connectivity index (χ3v) is 3.21. The molecule has 0 fully saturated rings. The van der Waals surface area contributed by atoms with Gasteiger partial charge in [0, 0.05) is 12.1 Å². The highest BCUT2D eigenvalue weighted by molar-refractivity contribution is 5.94. The molecule has 3 nitrogen and oxygen atoms in total. The molecule has 100 valence electrons. The average Bonchev–Trinajstić information content (AvgIpc) is 2.53. The largest absolute Gasteiger partial charge is 0.348 e. The number of benzene rings is 2. The Morgan fingerprint density at radius 3 is 2.35 bits per heavy atom. The number of nitrogens with one attached hydrogen (secondary N) is 1. The predicted molar refractivity (Wildman–Crippen MR) is 78.1 cm³/mol. The smallest absolute Gasteiger partial charge is 0.251 e. The van der Waals surface area contributed by atoms with Gasteiger partial charge in [-0.3, -0.25) is 4.79 Å². The minimum Gasteiger partial charge on any atom is -0.348 e. The van der Waals surface area contributed by atoms with E-state index in [4.69, 9.17) is 5.26 Å². The van der Waals surface area contributed by atoms with Crippen LogP contribution in [0.1, 0.15) is 34.0 Å². The Kier molecular flexibility index (Phi) is 4.52. The highest BCUT2D eigenvalue weighted by Crippen LogP contribution is 2.10. The minimum atomic E-state index is -0.125. The van der Waals surface area contributed by atoms with Gasteiger partial charge in [-0.1, -0.05) is 31.2 Å². The summed E-state index contributed by atoms with van der Waals surface area (Å²) in [7, 11) is 0. The Morgan fingerprint density at radius 2 is 1.75 bits per heavy atom. The first-order chi connectivity index (χ1) is 9.74. The number of nitriles is 1. The topological polar surface area (TPSA) is 52.9 Å². The van der Waals surface area contributed by atoms with Gasteiger partial charge in [-0.25, -0.2) is 0 Å². The van der Waals surface area contributed by atoms with Gasteiger partial charge in [0.05, 0.1) is 11.6 Å². The van der Waals surface area contributed by atoms with Crippen molar-refractivity contribution in [3.05, 3.63) is 70.8 Å².